The number of thioether (sulfide) groups is 1. The van der Waals surface area contributed by atoms with Crippen molar-refractivity contribution in [3.05, 3.63) is 29.8 Å². The van der Waals surface area contributed by atoms with Gasteiger partial charge in [0.25, 0.3) is 5.91 Å². The molecule has 1 unspecified atom stereocenters. The van der Waals surface area contributed by atoms with E-state index in [1.807, 2.05) is 18.2 Å². The minimum atomic E-state index is -0.347. The van der Waals surface area contributed by atoms with Gasteiger partial charge in [-0.15, -0.1) is 11.8 Å². The summed E-state index contributed by atoms with van der Waals surface area (Å²) in [7, 11) is 0. The molecule has 0 aliphatic carbocycles. The number of carbonyl (C=O) groups is 1. The number of unbranched alkanes of at least 4 members (excludes halogenated alkanes) is 2. The van der Waals surface area contributed by atoms with Crippen LogP contribution in [0.5, 0.6) is 0 Å². The van der Waals surface area contributed by atoms with Gasteiger partial charge in [0.2, 0.25) is 0 Å². The van der Waals surface area contributed by atoms with Gasteiger partial charge >= 0.3 is 0 Å². The quantitative estimate of drug-likeness (QED) is 0.171. The Kier molecular flexibility index (Phi) is 17.5. The summed E-state index contributed by atoms with van der Waals surface area (Å²) in [6.45, 7) is 4.59. The lowest BCUT2D eigenvalue weighted by molar-refractivity contribution is 0.0166. The van der Waals surface area contributed by atoms with Crippen LogP contribution in [0.15, 0.2) is 29.2 Å². The van der Waals surface area contributed by atoms with Crippen molar-refractivity contribution in [3.63, 3.8) is 0 Å². The first kappa shape index (κ1) is 27.8. The van der Waals surface area contributed by atoms with Gasteiger partial charge in [0.1, 0.15) is 0 Å². The molecule has 0 saturated heterocycles. The molecule has 1 rings (SSSR count). The second-order valence-corrected chi connectivity index (χ2v) is 8.11. The first-order valence-corrected chi connectivity index (χ1v) is 12.0. The molecule has 0 aliphatic rings. The second-order valence-electron chi connectivity index (χ2n) is 7.01. The van der Waals surface area contributed by atoms with Gasteiger partial charge in [0.15, 0.2) is 0 Å². The molecule has 0 heterocycles. The number of hydrogen-bond acceptors (Lipinski definition) is 8. The summed E-state index contributed by atoms with van der Waals surface area (Å²) < 4.78 is 16.0. The highest BCUT2D eigenvalue weighted by Crippen LogP contribution is 2.21. The number of carbonyl (C=O) groups excluding carboxylic acids is 1. The van der Waals surface area contributed by atoms with Gasteiger partial charge in [0.05, 0.1) is 45.7 Å². The Bertz CT molecular complexity index is 580. The lowest BCUT2D eigenvalue weighted by atomic mass is 10.1. The lowest BCUT2D eigenvalue weighted by Gasteiger charge is -2.11. The third-order valence-corrected chi connectivity index (χ3v) is 5.46. The number of nitrogens with two attached hydrogens (primary N) is 2. The zero-order valence-electron chi connectivity index (χ0n) is 18.4. The van der Waals surface area contributed by atoms with Gasteiger partial charge in [-0.25, -0.2) is 0 Å². The molecule has 178 valence electrons. The highest BCUT2D eigenvalue weighted by molar-refractivity contribution is 7.99. The largest absolute Gasteiger partial charge is 0.392 e. The van der Waals surface area contributed by atoms with Crippen molar-refractivity contribution in [2.45, 2.75) is 36.7 Å². The van der Waals surface area contributed by atoms with Crippen molar-refractivity contribution in [3.8, 4) is 0 Å². The molecule has 1 amide bonds. The van der Waals surface area contributed by atoms with E-state index in [9.17, 15) is 9.90 Å². The normalized spacial score (nSPS) is 12.1. The molecule has 0 aromatic heterocycles. The van der Waals surface area contributed by atoms with Crippen molar-refractivity contribution in [1.29, 1.82) is 0 Å². The van der Waals surface area contributed by atoms with E-state index in [0.717, 1.165) is 30.6 Å². The second kappa shape index (κ2) is 19.5. The summed E-state index contributed by atoms with van der Waals surface area (Å²) in [6, 6.07) is 7.44. The zero-order chi connectivity index (χ0) is 22.6. The van der Waals surface area contributed by atoms with Crippen LogP contribution in [0.4, 0.5) is 0 Å². The van der Waals surface area contributed by atoms with Crippen LogP contribution in [0.3, 0.4) is 0 Å². The molecule has 9 heteroatoms. The molecular formula is C22H39N3O5S. The van der Waals surface area contributed by atoms with Crippen LogP contribution in [0.25, 0.3) is 0 Å². The maximum absolute atomic E-state index is 12.3. The Labute approximate surface area is 190 Å². The molecule has 0 spiro atoms. The Morgan fingerprint density at radius 2 is 1.68 bits per heavy atom. The van der Waals surface area contributed by atoms with E-state index in [-0.39, 0.29) is 12.0 Å². The first-order chi connectivity index (χ1) is 15.2. The van der Waals surface area contributed by atoms with E-state index in [4.69, 9.17) is 25.7 Å². The highest BCUT2D eigenvalue weighted by atomic mass is 32.2. The molecule has 0 fully saturated rings. The monoisotopic (exact) mass is 457 g/mol. The molecule has 1 aromatic rings. The van der Waals surface area contributed by atoms with Crippen molar-refractivity contribution in [2.24, 2.45) is 11.5 Å². The molecule has 31 heavy (non-hydrogen) atoms. The smallest absolute Gasteiger partial charge is 0.251 e. The first-order valence-electron chi connectivity index (χ1n) is 11.0. The Balaban J connectivity index is 2.13. The molecule has 1 atom stereocenters. The predicted octanol–water partition coefficient (Wildman–Crippen LogP) is 1.40. The van der Waals surface area contributed by atoms with Crippen LogP contribution in [-0.4, -0.2) is 82.1 Å². The van der Waals surface area contributed by atoms with Crippen LogP contribution < -0.4 is 16.8 Å². The predicted molar refractivity (Wildman–Crippen MR) is 125 cm³/mol. The van der Waals surface area contributed by atoms with Crippen LogP contribution in [0, 0.1) is 0 Å². The van der Waals surface area contributed by atoms with Gasteiger partial charge in [0, 0.05) is 29.3 Å². The van der Waals surface area contributed by atoms with Gasteiger partial charge in [-0.3, -0.25) is 4.79 Å². The van der Waals surface area contributed by atoms with Crippen molar-refractivity contribution in [1.82, 2.24) is 5.32 Å². The van der Waals surface area contributed by atoms with Crippen LogP contribution in [-0.2, 0) is 14.2 Å². The number of rotatable bonds is 20. The van der Waals surface area contributed by atoms with E-state index in [2.05, 4.69) is 5.32 Å². The minimum absolute atomic E-state index is 0.137. The zero-order valence-corrected chi connectivity index (χ0v) is 19.2. The average molecular weight is 458 g/mol. The molecule has 8 nitrogen and oxygen atoms in total. The standard InChI is InChI=1S/C22H39N3O5S/c23-8-3-1-2-6-20(26)18-31-21-7-4-5-19(17-21)22(27)25-10-12-29-14-16-30-15-13-28-11-9-24/h4-5,7,17,20,26H,1-3,6,8-16,18,23-24H2,(H,25,27). The number of benzene rings is 1. The van der Waals surface area contributed by atoms with Crippen molar-refractivity contribution < 1.29 is 24.1 Å². The maximum atomic E-state index is 12.3. The summed E-state index contributed by atoms with van der Waals surface area (Å²) >= 11 is 1.56. The van der Waals surface area contributed by atoms with Crippen molar-refractivity contribution >= 4 is 17.7 Å². The number of aliphatic hydroxyl groups is 1. The molecule has 6 N–H and O–H groups in total. The lowest BCUT2D eigenvalue weighted by Crippen LogP contribution is -2.27. The summed E-state index contributed by atoms with van der Waals surface area (Å²) in [5.41, 5.74) is 11.4. The molecule has 0 bridgehead atoms. The van der Waals surface area contributed by atoms with E-state index in [0.29, 0.717) is 70.6 Å². The molecule has 0 radical (unpaired) electrons. The summed E-state index contributed by atoms with van der Waals surface area (Å²) in [6.07, 6.45) is 3.47. The number of ether oxygens (including phenoxy) is 3. The molecule has 0 aliphatic heterocycles. The SMILES string of the molecule is NCCCCCC(O)CSc1cccc(C(=O)NCCOCCOCCOCCN)c1. The summed E-state index contributed by atoms with van der Waals surface area (Å²) in [4.78, 5) is 13.3. The number of nitrogens with one attached hydrogen (secondary N) is 1. The van der Waals surface area contributed by atoms with Crippen molar-refractivity contribution in [2.75, 3.05) is 65.0 Å². The topological polar surface area (TPSA) is 129 Å². The fourth-order valence-corrected chi connectivity index (χ4v) is 3.60. The van der Waals surface area contributed by atoms with Crippen LogP contribution in [0.1, 0.15) is 36.0 Å². The minimum Gasteiger partial charge on any atom is -0.392 e. The van der Waals surface area contributed by atoms with E-state index >= 15 is 0 Å². The van der Waals surface area contributed by atoms with Gasteiger partial charge in [-0.1, -0.05) is 18.9 Å². The number of hydrogen-bond donors (Lipinski definition) is 4. The third-order valence-electron chi connectivity index (χ3n) is 4.32. The van der Waals surface area contributed by atoms with Crippen LogP contribution in [0.2, 0.25) is 0 Å². The highest BCUT2D eigenvalue weighted by Gasteiger charge is 2.08. The Hall–Kier alpha value is -1.20. The fraction of sp³-hybridized carbons (Fsp3) is 0.682. The number of aliphatic hydroxyl groups excluding tert-OH is 1. The maximum Gasteiger partial charge on any atom is 0.251 e. The van der Waals surface area contributed by atoms with Gasteiger partial charge in [-0.2, -0.15) is 0 Å². The van der Waals surface area contributed by atoms with E-state index in [1.54, 1.807) is 17.8 Å². The molecular weight excluding hydrogens is 418 g/mol. The fourth-order valence-electron chi connectivity index (χ4n) is 2.67. The van der Waals surface area contributed by atoms with Crippen LogP contribution >= 0.6 is 11.8 Å². The Morgan fingerprint density at radius 3 is 2.39 bits per heavy atom. The number of amides is 1. The average Bonchev–Trinajstić information content (AvgIpc) is 2.79. The van der Waals surface area contributed by atoms with E-state index in [1.165, 1.54) is 0 Å². The van der Waals surface area contributed by atoms with Gasteiger partial charge < -0.3 is 36.1 Å². The third kappa shape index (κ3) is 15.3. The molecule has 1 aromatic carbocycles. The summed E-state index contributed by atoms with van der Waals surface area (Å²) in [5.74, 6) is 0.477. The van der Waals surface area contributed by atoms with E-state index < -0.39 is 0 Å². The van der Waals surface area contributed by atoms with Gasteiger partial charge in [-0.05, 0) is 37.6 Å². The Morgan fingerprint density at radius 1 is 0.968 bits per heavy atom. The summed E-state index contributed by atoms with van der Waals surface area (Å²) in [5, 5.41) is 12.9. The molecule has 0 saturated carbocycles.